The van der Waals surface area contributed by atoms with E-state index in [1.807, 2.05) is 84.7 Å². The SMILES string of the molecule is CN1C[C@@H](c2ccc(Cl)cc2)[C@](C#N)(C(=O)c2c[nH]c3ccccc23)[C@@]12C(=O)c1cccc3cccc2c13. The lowest BCUT2D eigenvalue weighted by Gasteiger charge is -2.42. The minimum atomic E-state index is -1.75. The summed E-state index contributed by atoms with van der Waals surface area (Å²) in [6.07, 6.45) is 1.67. The summed E-state index contributed by atoms with van der Waals surface area (Å²) < 4.78 is 0. The van der Waals surface area contributed by atoms with Crippen LogP contribution in [0, 0.1) is 16.7 Å². The Morgan fingerprint density at radius 1 is 1.03 bits per heavy atom. The number of para-hydroxylation sites is 1. The smallest absolute Gasteiger partial charge is 0.190 e. The largest absolute Gasteiger partial charge is 0.360 e. The number of nitriles is 1. The molecule has 0 bridgehead atoms. The average molecular weight is 516 g/mol. The van der Waals surface area contributed by atoms with E-state index in [-0.39, 0.29) is 11.6 Å². The molecule has 0 unspecified atom stereocenters. The quantitative estimate of drug-likeness (QED) is 0.279. The van der Waals surface area contributed by atoms with Crippen LogP contribution >= 0.6 is 11.6 Å². The highest BCUT2D eigenvalue weighted by Crippen LogP contribution is 2.64. The van der Waals surface area contributed by atoms with Crippen molar-refractivity contribution in [2.45, 2.75) is 11.5 Å². The van der Waals surface area contributed by atoms with Crippen LogP contribution in [-0.2, 0) is 5.54 Å². The van der Waals surface area contributed by atoms with Gasteiger partial charge < -0.3 is 4.98 Å². The summed E-state index contributed by atoms with van der Waals surface area (Å²) in [5.74, 6) is -1.15. The van der Waals surface area contributed by atoms with Gasteiger partial charge in [0.05, 0.1) is 6.07 Å². The van der Waals surface area contributed by atoms with Gasteiger partial charge in [0.25, 0.3) is 0 Å². The van der Waals surface area contributed by atoms with Crippen LogP contribution in [-0.4, -0.2) is 35.0 Å². The summed E-state index contributed by atoms with van der Waals surface area (Å²) in [6, 6.07) is 28.7. The van der Waals surface area contributed by atoms with Crippen LogP contribution in [0.5, 0.6) is 0 Å². The second-order valence-electron chi connectivity index (χ2n) is 10.2. The summed E-state index contributed by atoms with van der Waals surface area (Å²) in [6.45, 7) is 0.347. The first-order valence-electron chi connectivity index (χ1n) is 12.5. The summed E-state index contributed by atoms with van der Waals surface area (Å²) >= 11 is 6.22. The first kappa shape index (κ1) is 22.9. The monoisotopic (exact) mass is 515 g/mol. The Kier molecular flexibility index (Phi) is 4.75. The van der Waals surface area contributed by atoms with Gasteiger partial charge in [-0.2, -0.15) is 5.26 Å². The van der Waals surface area contributed by atoms with Crippen molar-refractivity contribution in [1.82, 2.24) is 9.88 Å². The fourth-order valence-corrected chi connectivity index (χ4v) is 7.20. The van der Waals surface area contributed by atoms with E-state index < -0.39 is 16.9 Å². The molecule has 1 spiro atoms. The second kappa shape index (κ2) is 7.88. The fourth-order valence-electron chi connectivity index (χ4n) is 7.07. The predicted octanol–water partition coefficient (Wildman–Crippen LogP) is 6.49. The molecule has 4 aromatic carbocycles. The lowest BCUT2D eigenvalue weighted by atomic mass is 9.58. The number of hydrogen-bond donors (Lipinski definition) is 1. The Morgan fingerprint density at radius 3 is 2.53 bits per heavy atom. The number of fused-ring (bicyclic) bond motifs is 2. The Labute approximate surface area is 224 Å². The van der Waals surface area contributed by atoms with Crippen molar-refractivity contribution in [2.75, 3.05) is 13.6 Å². The minimum Gasteiger partial charge on any atom is -0.360 e. The zero-order chi connectivity index (χ0) is 26.2. The van der Waals surface area contributed by atoms with E-state index in [0.717, 1.165) is 27.2 Å². The number of aromatic amines is 1. The number of likely N-dealkylation sites (tertiary alicyclic amines) is 1. The van der Waals surface area contributed by atoms with Gasteiger partial charge in [0, 0.05) is 45.7 Å². The van der Waals surface area contributed by atoms with E-state index in [1.54, 1.807) is 18.3 Å². The topological polar surface area (TPSA) is 77.0 Å². The maximum Gasteiger partial charge on any atom is 0.190 e. The van der Waals surface area contributed by atoms with Crippen LogP contribution in [0.15, 0.2) is 91.1 Å². The van der Waals surface area contributed by atoms with Gasteiger partial charge in [0.2, 0.25) is 0 Å². The molecular weight excluding hydrogens is 494 g/mol. The number of hydrogen-bond acceptors (Lipinski definition) is 4. The Morgan fingerprint density at radius 2 is 1.76 bits per heavy atom. The summed E-state index contributed by atoms with van der Waals surface area (Å²) in [5, 5.41) is 14.3. The predicted molar refractivity (Wildman–Crippen MR) is 147 cm³/mol. The van der Waals surface area contributed by atoms with Gasteiger partial charge in [0.15, 0.2) is 17.0 Å². The molecule has 38 heavy (non-hydrogen) atoms. The molecule has 1 aliphatic heterocycles. The standard InChI is InChI=1S/C32H22ClN3O2/c1-36-17-26(19-12-14-21(33)15-13-19)31(18-34,29(37)24-16-35-27-11-3-2-8-22(24)27)32(36)25-10-5-7-20-6-4-9-23(28(20)25)30(32)38/h2-16,26,35H,17H2,1H3/t26-,31+,32+/m0/s1. The maximum atomic E-state index is 15.0. The van der Waals surface area contributed by atoms with Crippen molar-refractivity contribution in [1.29, 1.82) is 5.26 Å². The molecule has 2 aliphatic rings. The van der Waals surface area contributed by atoms with Crippen molar-refractivity contribution in [3.63, 3.8) is 0 Å². The number of H-pyrrole nitrogens is 1. The number of nitrogens with zero attached hydrogens (tertiary/aromatic N) is 2. The number of ketones is 2. The highest BCUT2D eigenvalue weighted by Gasteiger charge is 2.74. The molecule has 1 fully saturated rings. The number of carbonyl (C=O) groups is 2. The number of aromatic nitrogens is 1. The number of likely N-dealkylation sites (N-methyl/N-ethyl adjacent to an activating group) is 1. The fraction of sp³-hybridized carbons (Fsp3) is 0.156. The third-order valence-corrected chi connectivity index (χ3v) is 8.88. The molecule has 1 saturated heterocycles. The summed E-state index contributed by atoms with van der Waals surface area (Å²) in [4.78, 5) is 34.8. The average Bonchev–Trinajstić information content (AvgIpc) is 3.57. The first-order valence-corrected chi connectivity index (χ1v) is 12.9. The van der Waals surface area contributed by atoms with Crippen LogP contribution in [0.1, 0.15) is 37.8 Å². The van der Waals surface area contributed by atoms with E-state index in [0.29, 0.717) is 28.3 Å². The molecule has 0 amide bonds. The van der Waals surface area contributed by atoms with Gasteiger partial charge in [-0.15, -0.1) is 0 Å². The molecule has 2 heterocycles. The molecule has 7 rings (SSSR count). The third kappa shape index (κ3) is 2.59. The highest BCUT2D eigenvalue weighted by molar-refractivity contribution is 6.30. The van der Waals surface area contributed by atoms with Gasteiger partial charge in [-0.25, -0.2) is 0 Å². The van der Waals surface area contributed by atoms with E-state index in [4.69, 9.17) is 11.6 Å². The van der Waals surface area contributed by atoms with E-state index in [9.17, 15) is 10.1 Å². The molecule has 184 valence electrons. The Bertz CT molecular complexity index is 1850. The lowest BCUT2D eigenvalue weighted by molar-refractivity contribution is 0.0452. The van der Waals surface area contributed by atoms with Crippen molar-refractivity contribution in [2.24, 2.45) is 5.41 Å². The number of halogens is 1. The maximum absolute atomic E-state index is 15.0. The summed E-state index contributed by atoms with van der Waals surface area (Å²) in [5.41, 5.74) is 0.0266. The van der Waals surface area contributed by atoms with Gasteiger partial charge >= 0.3 is 0 Å². The first-order chi connectivity index (χ1) is 18.4. The molecule has 1 aliphatic carbocycles. The Balaban J connectivity index is 1.59. The van der Waals surface area contributed by atoms with Crippen LogP contribution in [0.2, 0.25) is 5.02 Å². The number of carbonyl (C=O) groups excluding carboxylic acids is 2. The molecule has 0 radical (unpaired) electrons. The zero-order valence-corrected chi connectivity index (χ0v) is 21.3. The molecule has 1 N–H and O–H groups in total. The number of Topliss-reactive ketones (excluding diaryl/α,β-unsaturated/α-hetero) is 2. The molecule has 3 atom stereocenters. The van der Waals surface area contributed by atoms with Gasteiger partial charge in [-0.1, -0.05) is 78.3 Å². The van der Waals surface area contributed by atoms with Crippen LogP contribution in [0.3, 0.4) is 0 Å². The molecule has 0 saturated carbocycles. The zero-order valence-electron chi connectivity index (χ0n) is 20.5. The Hall–Kier alpha value is -4.24. The van der Waals surface area contributed by atoms with Crippen LogP contribution < -0.4 is 0 Å². The van der Waals surface area contributed by atoms with E-state index in [1.165, 1.54) is 0 Å². The van der Waals surface area contributed by atoms with Crippen molar-refractivity contribution < 1.29 is 9.59 Å². The number of nitrogens with one attached hydrogen (secondary N) is 1. The molecule has 1 aromatic heterocycles. The third-order valence-electron chi connectivity index (χ3n) is 8.63. The van der Waals surface area contributed by atoms with Gasteiger partial charge in [-0.05, 0) is 47.1 Å². The van der Waals surface area contributed by atoms with E-state index >= 15 is 4.79 Å². The van der Waals surface area contributed by atoms with Crippen molar-refractivity contribution in [3.8, 4) is 6.07 Å². The molecular formula is C32H22ClN3O2. The van der Waals surface area contributed by atoms with Gasteiger partial charge in [0.1, 0.15) is 5.54 Å². The van der Waals surface area contributed by atoms with Gasteiger partial charge in [-0.3, -0.25) is 14.5 Å². The van der Waals surface area contributed by atoms with Crippen LogP contribution in [0.25, 0.3) is 21.7 Å². The highest BCUT2D eigenvalue weighted by atomic mass is 35.5. The lowest BCUT2D eigenvalue weighted by Crippen LogP contribution is -2.57. The molecule has 5 nitrogen and oxygen atoms in total. The summed E-state index contributed by atoms with van der Waals surface area (Å²) in [7, 11) is 1.85. The van der Waals surface area contributed by atoms with Crippen molar-refractivity contribution >= 4 is 44.8 Å². The number of benzene rings is 4. The molecule has 6 heteroatoms. The van der Waals surface area contributed by atoms with Crippen LogP contribution in [0.4, 0.5) is 0 Å². The van der Waals surface area contributed by atoms with E-state index in [2.05, 4.69) is 11.1 Å². The molecule has 5 aromatic rings. The second-order valence-corrected chi connectivity index (χ2v) is 10.7. The minimum absolute atomic E-state index is 0.210. The normalized spacial score (nSPS) is 24.4. The number of rotatable bonds is 3. The van der Waals surface area contributed by atoms with Crippen molar-refractivity contribution in [3.05, 3.63) is 118 Å².